The largest absolute Gasteiger partial charge is 0.444 e. The molecule has 1 saturated heterocycles. The number of alkyl carbamates (subject to hydrolysis) is 1. The smallest absolute Gasteiger partial charge is 0.412 e. The zero-order valence-electron chi connectivity index (χ0n) is 12.0. The van der Waals surface area contributed by atoms with Gasteiger partial charge in [0.2, 0.25) is 0 Å². The zero-order valence-corrected chi connectivity index (χ0v) is 12.8. The minimum atomic E-state index is -0.583. The van der Waals surface area contributed by atoms with Crippen LogP contribution in [0, 0.1) is 0 Å². The van der Waals surface area contributed by atoms with Crippen molar-refractivity contribution in [2.75, 3.05) is 11.9 Å². The first kappa shape index (κ1) is 15.4. The van der Waals surface area contributed by atoms with Crippen molar-refractivity contribution >= 4 is 29.5 Å². The van der Waals surface area contributed by atoms with Crippen molar-refractivity contribution in [3.05, 3.63) is 28.8 Å². The van der Waals surface area contributed by atoms with E-state index in [1.165, 1.54) is 0 Å². The van der Waals surface area contributed by atoms with Crippen molar-refractivity contribution in [2.24, 2.45) is 0 Å². The predicted molar refractivity (Wildman–Crippen MR) is 78.5 cm³/mol. The minimum Gasteiger partial charge on any atom is -0.444 e. The Morgan fingerprint density at radius 1 is 1.48 bits per heavy atom. The number of hydrogen-bond donors (Lipinski definition) is 2. The van der Waals surface area contributed by atoms with Gasteiger partial charge < -0.3 is 14.8 Å². The van der Waals surface area contributed by atoms with Crippen LogP contribution in [0.3, 0.4) is 0 Å². The molecular weight excluding hydrogens is 296 g/mol. The highest BCUT2D eigenvalue weighted by Gasteiger charge is 2.25. The van der Waals surface area contributed by atoms with Crippen LogP contribution in [0.1, 0.15) is 32.4 Å². The summed E-state index contributed by atoms with van der Waals surface area (Å²) in [6.07, 6.45) is -1.40. The van der Waals surface area contributed by atoms with E-state index in [1.807, 2.05) is 0 Å². The number of amides is 2. The Balaban J connectivity index is 2.06. The molecule has 0 radical (unpaired) electrons. The quantitative estimate of drug-likeness (QED) is 0.876. The lowest BCUT2D eigenvalue weighted by Crippen LogP contribution is -2.27. The summed E-state index contributed by atoms with van der Waals surface area (Å²) in [5.74, 6) is 0. The Morgan fingerprint density at radius 3 is 2.71 bits per heavy atom. The molecular formula is C14H17ClN2O4. The Morgan fingerprint density at radius 2 is 2.19 bits per heavy atom. The number of carbonyl (C=O) groups is 2. The van der Waals surface area contributed by atoms with Gasteiger partial charge in [0.05, 0.1) is 17.3 Å². The molecule has 1 unspecified atom stereocenters. The highest BCUT2D eigenvalue weighted by molar-refractivity contribution is 6.33. The van der Waals surface area contributed by atoms with Crippen molar-refractivity contribution in [3.8, 4) is 0 Å². The van der Waals surface area contributed by atoms with Gasteiger partial charge in [0, 0.05) is 0 Å². The molecule has 1 atom stereocenters. The monoisotopic (exact) mass is 312 g/mol. The Labute approximate surface area is 127 Å². The van der Waals surface area contributed by atoms with Gasteiger partial charge in [-0.15, -0.1) is 0 Å². The van der Waals surface area contributed by atoms with Crippen LogP contribution in [-0.2, 0) is 9.47 Å². The summed E-state index contributed by atoms with van der Waals surface area (Å²) in [7, 11) is 0. The number of benzene rings is 1. The maximum Gasteiger partial charge on any atom is 0.412 e. The number of ether oxygens (including phenoxy) is 2. The molecule has 7 heteroatoms. The molecule has 1 aliphatic rings. The Kier molecular flexibility index (Phi) is 4.27. The number of halogens is 1. The van der Waals surface area contributed by atoms with Crippen molar-refractivity contribution in [3.63, 3.8) is 0 Å². The van der Waals surface area contributed by atoms with E-state index in [0.29, 0.717) is 17.3 Å². The van der Waals surface area contributed by atoms with E-state index in [1.54, 1.807) is 39.0 Å². The van der Waals surface area contributed by atoms with E-state index in [4.69, 9.17) is 21.1 Å². The van der Waals surface area contributed by atoms with Crippen LogP contribution < -0.4 is 10.6 Å². The van der Waals surface area contributed by atoms with Gasteiger partial charge in [-0.25, -0.2) is 9.59 Å². The van der Waals surface area contributed by atoms with Crippen molar-refractivity contribution in [1.82, 2.24) is 5.32 Å². The van der Waals surface area contributed by atoms with E-state index < -0.39 is 17.8 Å². The number of nitrogens with one attached hydrogen (secondary N) is 2. The van der Waals surface area contributed by atoms with E-state index in [0.717, 1.165) is 5.56 Å². The molecule has 2 N–H and O–H groups in total. The first-order valence-electron chi connectivity index (χ1n) is 6.48. The molecule has 1 fully saturated rings. The van der Waals surface area contributed by atoms with Gasteiger partial charge in [0.15, 0.2) is 0 Å². The standard InChI is InChI=1S/C14H17ClN2O4/c1-14(2,3)21-13(19)17-10-5-4-8(6-9(10)15)11-7-16-12(18)20-11/h4-6,11H,7H2,1-3H3,(H,16,18)(H,17,19). The lowest BCUT2D eigenvalue weighted by Gasteiger charge is -2.20. The zero-order chi connectivity index (χ0) is 15.6. The molecule has 114 valence electrons. The first-order chi connectivity index (χ1) is 9.74. The van der Waals surface area contributed by atoms with Gasteiger partial charge in [-0.1, -0.05) is 17.7 Å². The highest BCUT2D eigenvalue weighted by Crippen LogP contribution is 2.29. The fraction of sp³-hybridized carbons (Fsp3) is 0.429. The van der Waals surface area contributed by atoms with Crippen LogP contribution >= 0.6 is 11.6 Å². The molecule has 1 aromatic carbocycles. The third kappa shape index (κ3) is 4.26. The van der Waals surface area contributed by atoms with Gasteiger partial charge >= 0.3 is 12.2 Å². The second kappa shape index (κ2) is 5.81. The van der Waals surface area contributed by atoms with Crippen LogP contribution in [0.25, 0.3) is 0 Å². The molecule has 1 aromatic rings. The predicted octanol–water partition coefficient (Wildman–Crippen LogP) is 3.47. The third-order valence-electron chi connectivity index (χ3n) is 2.68. The summed E-state index contributed by atoms with van der Waals surface area (Å²) >= 11 is 6.13. The summed E-state index contributed by atoms with van der Waals surface area (Å²) in [5, 5.41) is 5.49. The average molecular weight is 313 g/mol. The number of hydrogen-bond acceptors (Lipinski definition) is 4. The van der Waals surface area contributed by atoms with Gasteiger partial charge in [0.1, 0.15) is 11.7 Å². The van der Waals surface area contributed by atoms with Gasteiger partial charge in [-0.05, 0) is 38.5 Å². The second-order valence-electron chi connectivity index (χ2n) is 5.64. The van der Waals surface area contributed by atoms with Crippen LogP contribution in [0.4, 0.5) is 15.3 Å². The molecule has 0 spiro atoms. The summed E-state index contributed by atoms with van der Waals surface area (Å²) in [5.41, 5.74) is 0.611. The Bertz CT molecular complexity index is 569. The molecule has 2 amide bonds. The second-order valence-corrected chi connectivity index (χ2v) is 6.05. The molecule has 6 nitrogen and oxygen atoms in total. The van der Waals surface area contributed by atoms with E-state index in [2.05, 4.69) is 10.6 Å². The molecule has 21 heavy (non-hydrogen) atoms. The molecule has 2 rings (SSSR count). The fourth-order valence-electron chi connectivity index (χ4n) is 1.82. The number of carbonyl (C=O) groups excluding carboxylic acids is 2. The summed E-state index contributed by atoms with van der Waals surface area (Å²) in [6, 6.07) is 5.04. The third-order valence-corrected chi connectivity index (χ3v) is 2.99. The van der Waals surface area contributed by atoms with Crippen LogP contribution in [0.2, 0.25) is 5.02 Å². The lowest BCUT2D eigenvalue weighted by atomic mass is 10.1. The number of rotatable bonds is 2. The van der Waals surface area contributed by atoms with E-state index >= 15 is 0 Å². The van der Waals surface area contributed by atoms with E-state index in [-0.39, 0.29) is 6.10 Å². The summed E-state index contributed by atoms with van der Waals surface area (Å²) < 4.78 is 10.2. The maximum atomic E-state index is 11.7. The summed E-state index contributed by atoms with van der Waals surface area (Å²) in [4.78, 5) is 22.7. The Hall–Kier alpha value is -1.95. The number of cyclic esters (lactones) is 1. The van der Waals surface area contributed by atoms with Crippen LogP contribution in [0.5, 0.6) is 0 Å². The van der Waals surface area contributed by atoms with Crippen molar-refractivity contribution in [1.29, 1.82) is 0 Å². The lowest BCUT2D eigenvalue weighted by molar-refractivity contribution is 0.0636. The maximum absolute atomic E-state index is 11.7. The summed E-state index contributed by atoms with van der Waals surface area (Å²) in [6.45, 7) is 5.73. The van der Waals surface area contributed by atoms with E-state index in [9.17, 15) is 9.59 Å². The average Bonchev–Trinajstić information content (AvgIpc) is 2.76. The minimum absolute atomic E-state index is 0.348. The molecule has 0 bridgehead atoms. The van der Waals surface area contributed by atoms with Crippen LogP contribution in [0.15, 0.2) is 18.2 Å². The molecule has 0 aliphatic carbocycles. The van der Waals surface area contributed by atoms with Crippen LogP contribution in [-0.4, -0.2) is 24.3 Å². The SMILES string of the molecule is CC(C)(C)OC(=O)Nc1ccc(C2CNC(=O)O2)cc1Cl. The van der Waals surface area contributed by atoms with Gasteiger partial charge in [-0.2, -0.15) is 0 Å². The first-order valence-corrected chi connectivity index (χ1v) is 6.86. The van der Waals surface area contributed by atoms with Gasteiger partial charge in [0.25, 0.3) is 0 Å². The molecule has 1 heterocycles. The number of anilines is 1. The topological polar surface area (TPSA) is 76.7 Å². The normalized spacial score (nSPS) is 17.9. The van der Waals surface area contributed by atoms with Crippen molar-refractivity contribution in [2.45, 2.75) is 32.5 Å². The molecule has 0 aromatic heterocycles. The van der Waals surface area contributed by atoms with Crippen molar-refractivity contribution < 1.29 is 19.1 Å². The molecule has 1 aliphatic heterocycles. The highest BCUT2D eigenvalue weighted by atomic mass is 35.5. The molecule has 0 saturated carbocycles. The van der Waals surface area contributed by atoms with Gasteiger partial charge in [-0.3, -0.25) is 5.32 Å². The fourth-order valence-corrected chi connectivity index (χ4v) is 2.06.